The molecule has 0 atom stereocenters. The third-order valence-corrected chi connectivity index (χ3v) is 5.30. The molecular formula is C13H9Br2F2NO2S. The van der Waals surface area contributed by atoms with Crippen LogP contribution in [0.15, 0.2) is 44.2 Å². The second-order valence-electron chi connectivity index (χ2n) is 4.26. The van der Waals surface area contributed by atoms with Gasteiger partial charge < -0.3 is 0 Å². The summed E-state index contributed by atoms with van der Waals surface area (Å²) in [5, 5.41) is 0. The number of aryl methyl sites for hydroxylation is 1. The Kier molecular flexibility index (Phi) is 4.69. The summed E-state index contributed by atoms with van der Waals surface area (Å²) in [6.45, 7) is 1.61. The van der Waals surface area contributed by atoms with Gasteiger partial charge in [0.25, 0.3) is 10.0 Å². The Morgan fingerprint density at radius 3 is 2.38 bits per heavy atom. The molecule has 8 heteroatoms. The fourth-order valence-electron chi connectivity index (χ4n) is 1.66. The monoisotopic (exact) mass is 439 g/mol. The average molecular weight is 441 g/mol. The van der Waals surface area contributed by atoms with E-state index in [1.54, 1.807) is 19.1 Å². The third-order valence-electron chi connectivity index (χ3n) is 2.69. The lowest BCUT2D eigenvalue weighted by atomic mass is 10.2. The lowest BCUT2D eigenvalue weighted by molar-refractivity contribution is 0.591. The maximum absolute atomic E-state index is 13.7. The molecule has 112 valence electrons. The standard InChI is InChI=1S/C13H9Br2F2NO2S/c1-7-2-3-8(14)4-13(7)21(19,20)18-12-6-10(16)9(15)5-11(12)17/h2-6,18H,1H3. The van der Waals surface area contributed by atoms with E-state index in [1.807, 2.05) is 0 Å². The highest BCUT2D eigenvalue weighted by Gasteiger charge is 2.20. The molecule has 3 nitrogen and oxygen atoms in total. The molecule has 2 aromatic rings. The number of sulfonamides is 1. The van der Waals surface area contributed by atoms with Crippen LogP contribution >= 0.6 is 31.9 Å². The lowest BCUT2D eigenvalue weighted by Gasteiger charge is -2.12. The number of benzene rings is 2. The Labute approximate surface area is 137 Å². The van der Waals surface area contributed by atoms with Gasteiger partial charge in [-0.05, 0) is 46.6 Å². The predicted molar refractivity (Wildman–Crippen MR) is 83.7 cm³/mol. The quantitative estimate of drug-likeness (QED) is 0.709. The first-order valence-electron chi connectivity index (χ1n) is 5.64. The van der Waals surface area contributed by atoms with Crippen LogP contribution in [-0.2, 0) is 10.0 Å². The van der Waals surface area contributed by atoms with Gasteiger partial charge in [0.2, 0.25) is 0 Å². The molecule has 0 unspecified atom stereocenters. The number of hydrogen-bond acceptors (Lipinski definition) is 2. The number of halogens is 4. The van der Waals surface area contributed by atoms with Crippen LogP contribution in [0.1, 0.15) is 5.56 Å². The summed E-state index contributed by atoms with van der Waals surface area (Å²) in [7, 11) is -4.02. The van der Waals surface area contributed by atoms with Crippen molar-refractivity contribution in [1.82, 2.24) is 0 Å². The average Bonchev–Trinajstić information content (AvgIpc) is 2.38. The van der Waals surface area contributed by atoms with Crippen molar-refractivity contribution in [2.24, 2.45) is 0 Å². The van der Waals surface area contributed by atoms with Gasteiger partial charge in [-0.1, -0.05) is 22.0 Å². The first-order chi connectivity index (χ1) is 9.70. The summed E-state index contributed by atoms with van der Waals surface area (Å²) >= 11 is 6.00. The zero-order valence-electron chi connectivity index (χ0n) is 10.6. The lowest BCUT2D eigenvalue weighted by Crippen LogP contribution is -2.15. The van der Waals surface area contributed by atoms with E-state index < -0.39 is 27.3 Å². The fourth-order valence-corrected chi connectivity index (χ4v) is 3.82. The van der Waals surface area contributed by atoms with Crippen molar-refractivity contribution < 1.29 is 17.2 Å². The highest BCUT2D eigenvalue weighted by Crippen LogP contribution is 2.27. The molecule has 0 radical (unpaired) electrons. The Morgan fingerprint density at radius 1 is 1.05 bits per heavy atom. The Balaban J connectivity index is 2.47. The van der Waals surface area contributed by atoms with Crippen molar-refractivity contribution in [1.29, 1.82) is 0 Å². The highest BCUT2D eigenvalue weighted by molar-refractivity contribution is 9.10. The minimum absolute atomic E-state index is 0.0143. The molecule has 0 saturated carbocycles. The maximum atomic E-state index is 13.7. The van der Waals surface area contributed by atoms with E-state index >= 15 is 0 Å². The molecule has 1 N–H and O–H groups in total. The molecule has 2 aromatic carbocycles. The largest absolute Gasteiger partial charge is 0.277 e. The van der Waals surface area contributed by atoms with Crippen LogP contribution in [0.3, 0.4) is 0 Å². The second-order valence-corrected chi connectivity index (χ2v) is 7.68. The molecule has 0 spiro atoms. The van der Waals surface area contributed by atoms with Gasteiger partial charge in [-0.15, -0.1) is 0 Å². The van der Waals surface area contributed by atoms with Crippen LogP contribution in [-0.4, -0.2) is 8.42 Å². The molecular weight excluding hydrogens is 432 g/mol. The van der Waals surface area contributed by atoms with E-state index in [0.717, 1.165) is 12.1 Å². The zero-order chi connectivity index (χ0) is 15.8. The smallest absolute Gasteiger partial charge is 0.262 e. The molecule has 0 saturated heterocycles. The normalized spacial score (nSPS) is 11.5. The number of nitrogens with one attached hydrogen (secondary N) is 1. The molecule has 2 rings (SSSR count). The van der Waals surface area contributed by atoms with E-state index in [4.69, 9.17) is 0 Å². The van der Waals surface area contributed by atoms with Crippen molar-refractivity contribution in [3.05, 3.63) is 56.5 Å². The number of hydrogen-bond donors (Lipinski definition) is 1. The first-order valence-corrected chi connectivity index (χ1v) is 8.71. The summed E-state index contributed by atoms with van der Waals surface area (Å²) in [6, 6.07) is 6.33. The topological polar surface area (TPSA) is 46.2 Å². The van der Waals surface area contributed by atoms with E-state index in [0.29, 0.717) is 10.0 Å². The van der Waals surface area contributed by atoms with Gasteiger partial charge in [0.15, 0.2) is 0 Å². The van der Waals surface area contributed by atoms with E-state index in [2.05, 4.69) is 36.6 Å². The van der Waals surface area contributed by atoms with Crippen molar-refractivity contribution in [3.63, 3.8) is 0 Å². The minimum Gasteiger partial charge on any atom is -0.277 e. The van der Waals surface area contributed by atoms with Gasteiger partial charge in [0.1, 0.15) is 11.6 Å². The van der Waals surface area contributed by atoms with Crippen LogP contribution in [0.4, 0.5) is 14.5 Å². The Hall–Kier alpha value is -0.990. The predicted octanol–water partition coefficient (Wildman–Crippen LogP) is 4.60. The van der Waals surface area contributed by atoms with Crippen LogP contribution in [0.5, 0.6) is 0 Å². The zero-order valence-corrected chi connectivity index (χ0v) is 14.6. The summed E-state index contributed by atoms with van der Waals surface area (Å²) < 4.78 is 54.3. The van der Waals surface area contributed by atoms with Crippen molar-refractivity contribution in [2.45, 2.75) is 11.8 Å². The Bertz CT molecular complexity index is 810. The van der Waals surface area contributed by atoms with Crippen LogP contribution in [0, 0.1) is 18.6 Å². The van der Waals surface area contributed by atoms with Gasteiger partial charge >= 0.3 is 0 Å². The first kappa shape index (κ1) is 16.4. The molecule has 0 aliphatic heterocycles. The van der Waals surface area contributed by atoms with Gasteiger partial charge in [-0.2, -0.15) is 0 Å². The van der Waals surface area contributed by atoms with Gasteiger partial charge in [0, 0.05) is 10.5 Å². The molecule has 0 aromatic heterocycles. The molecule has 21 heavy (non-hydrogen) atoms. The summed E-state index contributed by atoms with van der Waals surface area (Å²) in [6.07, 6.45) is 0. The fraction of sp³-hybridized carbons (Fsp3) is 0.0769. The number of anilines is 1. The van der Waals surface area contributed by atoms with Crippen LogP contribution < -0.4 is 4.72 Å². The molecule has 0 heterocycles. The molecule has 0 aliphatic rings. The molecule has 0 bridgehead atoms. The van der Waals surface area contributed by atoms with Crippen molar-refractivity contribution in [3.8, 4) is 0 Å². The van der Waals surface area contributed by atoms with Crippen molar-refractivity contribution >= 4 is 47.6 Å². The van der Waals surface area contributed by atoms with Crippen molar-refractivity contribution in [2.75, 3.05) is 4.72 Å². The van der Waals surface area contributed by atoms with Crippen LogP contribution in [0.2, 0.25) is 0 Å². The highest BCUT2D eigenvalue weighted by atomic mass is 79.9. The molecule has 0 amide bonds. The maximum Gasteiger partial charge on any atom is 0.262 e. The minimum atomic E-state index is -4.02. The third kappa shape index (κ3) is 3.61. The van der Waals surface area contributed by atoms with E-state index in [-0.39, 0.29) is 9.37 Å². The Morgan fingerprint density at radius 2 is 1.71 bits per heavy atom. The number of rotatable bonds is 3. The van der Waals surface area contributed by atoms with Crippen LogP contribution in [0.25, 0.3) is 0 Å². The summed E-state index contributed by atoms with van der Waals surface area (Å²) in [5.41, 5.74) is 0.0405. The van der Waals surface area contributed by atoms with Gasteiger partial charge in [-0.3, -0.25) is 4.72 Å². The van der Waals surface area contributed by atoms with E-state index in [9.17, 15) is 17.2 Å². The SMILES string of the molecule is Cc1ccc(Br)cc1S(=O)(=O)Nc1cc(F)c(Br)cc1F. The second kappa shape index (κ2) is 6.02. The van der Waals surface area contributed by atoms with E-state index in [1.165, 1.54) is 6.07 Å². The summed E-state index contributed by atoms with van der Waals surface area (Å²) in [4.78, 5) is -0.0143. The van der Waals surface area contributed by atoms with Gasteiger partial charge in [0.05, 0.1) is 15.1 Å². The molecule has 0 aliphatic carbocycles. The summed E-state index contributed by atoms with van der Waals surface area (Å²) in [5.74, 6) is -1.64. The molecule has 0 fully saturated rings. The van der Waals surface area contributed by atoms with Gasteiger partial charge in [-0.25, -0.2) is 17.2 Å².